The highest BCUT2D eigenvalue weighted by Gasteiger charge is 2.15. The second-order valence-corrected chi connectivity index (χ2v) is 4.28. The Labute approximate surface area is 109 Å². The fourth-order valence-electron chi connectivity index (χ4n) is 1.87. The van der Waals surface area contributed by atoms with Gasteiger partial charge in [-0.05, 0) is 13.0 Å². The third-order valence-electron chi connectivity index (χ3n) is 2.71. The summed E-state index contributed by atoms with van der Waals surface area (Å²) in [4.78, 5) is 23.7. The van der Waals surface area contributed by atoms with Gasteiger partial charge in [0.05, 0.1) is 12.0 Å². The number of amides is 1. The van der Waals surface area contributed by atoms with Crippen molar-refractivity contribution >= 4 is 16.7 Å². The monoisotopic (exact) mass is 261 g/mol. The fourth-order valence-corrected chi connectivity index (χ4v) is 1.87. The first-order valence-corrected chi connectivity index (χ1v) is 5.90. The molecule has 2 aromatic rings. The normalized spacial score (nSPS) is 12.3. The van der Waals surface area contributed by atoms with Crippen LogP contribution in [0.25, 0.3) is 10.8 Å². The number of aromatic amines is 1. The Bertz CT molecular complexity index is 651. The van der Waals surface area contributed by atoms with E-state index in [1.54, 1.807) is 31.4 Å². The SMILES string of the molecule is COCC(C)NC(=O)c1n[nH]c(=O)c2ccccc12. The zero-order valence-electron chi connectivity index (χ0n) is 10.8. The van der Waals surface area contributed by atoms with Gasteiger partial charge in [0.15, 0.2) is 5.69 Å². The van der Waals surface area contributed by atoms with Gasteiger partial charge >= 0.3 is 0 Å². The highest BCUT2D eigenvalue weighted by molar-refractivity contribution is 6.04. The summed E-state index contributed by atoms with van der Waals surface area (Å²) in [6.45, 7) is 2.24. The molecule has 1 aromatic heterocycles. The number of rotatable bonds is 4. The first-order chi connectivity index (χ1) is 9.13. The molecule has 6 heteroatoms. The maximum Gasteiger partial charge on any atom is 0.272 e. The smallest absolute Gasteiger partial charge is 0.272 e. The Kier molecular flexibility index (Phi) is 3.91. The van der Waals surface area contributed by atoms with Gasteiger partial charge in [0.2, 0.25) is 0 Å². The summed E-state index contributed by atoms with van der Waals surface area (Å²) in [5.41, 5.74) is -0.102. The van der Waals surface area contributed by atoms with Crippen LogP contribution in [0.5, 0.6) is 0 Å². The number of fused-ring (bicyclic) bond motifs is 1. The molecule has 19 heavy (non-hydrogen) atoms. The summed E-state index contributed by atoms with van der Waals surface area (Å²) >= 11 is 0. The van der Waals surface area contributed by atoms with Gasteiger partial charge in [0.25, 0.3) is 11.5 Å². The summed E-state index contributed by atoms with van der Waals surface area (Å²) in [5, 5.41) is 9.90. The van der Waals surface area contributed by atoms with Gasteiger partial charge in [0.1, 0.15) is 0 Å². The summed E-state index contributed by atoms with van der Waals surface area (Å²) in [6.07, 6.45) is 0. The van der Waals surface area contributed by atoms with Crippen LogP contribution in [0.3, 0.4) is 0 Å². The molecule has 1 unspecified atom stereocenters. The molecule has 1 amide bonds. The highest BCUT2D eigenvalue weighted by Crippen LogP contribution is 2.12. The molecule has 6 nitrogen and oxygen atoms in total. The van der Waals surface area contributed by atoms with Crippen molar-refractivity contribution in [3.05, 3.63) is 40.3 Å². The van der Waals surface area contributed by atoms with E-state index in [9.17, 15) is 9.59 Å². The molecule has 0 radical (unpaired) electrons. The minimum Gasteiger partial charge on any atom is -0.383 e. The Morgan fingerprint density at radius 1 is 1.42 bits per heavy atom. The predicted octanol–water partition coefficient (Wildman–Crippen LogP) is 0.688. The lowest BCUT2D eigenvalue weighted by atomic mass is 10.1. The maximum absolute atomic E-state index is 12.1. The van der Waals surface area contributed by atoms with Crippen molar-refractivity contribution in [1.82, 2.24) is 15.5 Å². The van der Waals surface area contributed by atoms with Crippen LogP contribution in [-0.2, 0) is 4.74 Å². The average molecular weight is 261 g/mol. The maximum atomic E-state index is 12.1. The number of nitrogens with one attached hydrogen (secondary N) is 2. The van der Waals surface area contributed by atoms with E-state index < -0.39 is 0 Å². The van der Waals surface area contributed by atoms with Crippen LogP contribution in [0.15, 0.2) is 29.1 Å². The minimum absolute atomic E-state index is 0.134. The quantitative estimate of drug-likeness (QED) is 0.848. The van der Waals surface area contributed by atoms with Gasteiger partial charge in [0, 0.05) is 18.5 Å². The summed E-state index contributed by atoms with van der Waals surface area (Å²) in [7, 11) is 1.57. The van der Waals surface area contributed by atoms with Crippen molar-refractivity contribution in [3.8, 4) is 0 Å². The zero-order valence-corrected chi connectivity index (χ0v) is 10.8. The number of hydrogen-bond donors (Lipinski definition) is 2. The van der Waals surface area contributed by atoms with E-state index in [-0.39, 0.29) is 23.2 Å². The lowest BCUT2D eigenvalue weighted by Crippen LogP contribution is -2.36. The average Bonchev–Trinajstić information content (AvgIpc) is 2.39. The van der Waals surface area contributed by atoms with E-state index in [1.165, 1.54) is 0 Å². The van der Waals surface area contributed by atoms with Crippen molar-refractivity contribution < 1.29 is 9.53 Å². The van der Waals surface area contributed by atoms with Crippen molar-refractivity contribution in [2.75, 3.05) is 13.7 Å². The van der Waals surface area contributed by atoms with Crippen molar-refractivity contribution in [1.29, 1.82) is 0 Å². The van der Waals surface area contributed by atoms with Crippen molar-refractivity contribution in [3.63, 3.8) is 0 Å². The third kappa shape index (κ3) is 2.79. The molecule has 1 atom stereocenters. The molecule has 0 spiro atoms. The van der Waals surface area contributed by atoms with Gasteiger partial charge in [-0.25, -0.2) is 5.10 Å². The molecule has 100 valence electrons. The van der Waals surface area contributed by atoms with Crippen LogP contribution in [0, 0.1) is 0 Å². The zero-order chi connectivity index (χ0) is 13.8. The van der Waals surface area contributed by atoms with Gasteiger partial charge in [-0.1, -0.05) is 18.2 Å². The fraction of sp³-hybridized carbons (Fsp3) is 0.308. The van der Waals surface area contributed by atoms with Gasteiger partial charge in [-0.3, -0.25) is 9.59 Å². The van der Waals surface area contributed by atoms with E-state index >= 15 is 0 Å². The van der Waals surface area contributed by atoms with E-state index in [0.717, 1.165) is 0 Å². The van der Waals surface area contributed by atoms with Crippen molar-refractivity contribution in [2.45, 2.75) is 13.0 Å². The molecular formula is C13H15N3O3. The van der Waals surface area contributed by atoms with Crippen LogP contribution < -0.4 is 10.9 Å². The van der Waals surface area contributed by atoms with Crippen LogP contribution in [0.1, 0.15) is 17.4 Å². The number of methoxy groups -OCH3 is 1. The van der Waals surface area contributed by atoms with E-state index in [4.69, 9.17) is 4.74 Å². The molecule has 0 aliphatic heterocycles. The predicted molar refractivity (Wildman–Crippen MR) is 71.2 cm³/mol. The topological polar surface area (TPSA) is 84.1 Å². The molecule has 2 N–H and O–H groups in total. The third-order valence-corrected chi connectivity index (χ3v) is 2.71. The Morgan fingerprint density at radius 3 is 2.79 bits per heavy atom. The second kappa shape index (κ2) is 5.62. The molecule has 0 saturated heterocycles. The Hall–Kier alpha value is -2.21. The molecule has 1 heterocycles. The molecule has 0 aliphatic rings. The number of hydrogen-bond acceptors (Lipinski definition) is 4. The number of carbonyl (C=O) groups excluding carboxylic acids is 1. The van der Waals surface area contributed by atoms with Gasteiger partial charge < -0.3 is 10.1 Å². The van der Waals surface area contributed by atoms with Crippen LogP contribution in [0.4, 0.5) is 0 Å². The van der Waals surface area contributed by atoms with Crippen LogP contribution >= 0.6 is 0 Å². The molecule has 0 aliphatic carbocycles. The second-order valence-electron chi connectivity index (χ2n) is 4.28. The lowest BCUT2D eigenvalue weighted by Gasteiger charge is -2.12. The number of ether oxygens (including phenoxy) is 1. The summed E-state index contributed by atoms with van der Waals surface area (Å²) in [6, 6.07) is 6.73. The van der Waals surface area contributed by atoms with Gasteiger partial charge in [-0.2, -0.15) is 5.10 Å². The summed E-state index contributed by atoms with van der Waals surface area (Å²) < 4.78 is 4.95. The first kappa shape index (κ1) is 13.2. The molecular weight excluding hydrogens is 246 g/mol. The molecule has 2 rings (SSSR count). The van der Waals surface area contributed by atoms with E-state index in [0.29, 0.717) is 17.4 Å². The molecule has 0 saturated carbocycles. The number of benzene rings is 1. The number of aromatic nitrogens is 2. The van der Waals surface area contributed by atoms with Gasteiger partial charge in [-0.15, -0.1) is 0 Å². The Balaban J connectivity index is 2.38. The number of carbonyl (C=O) groups is 1. The standard InChI is InChI=1S/C13H15N3O3/c1-8(7-19-2)14-13(18)11-9-5-3-4-6-10(9)12(17)16-15-11/h3-6,8H,7H2,1-2H3,(H,14,18)(H,16,17). The van der Waals surface area contributed by atoms with Crippen LogP contribution in [-0.4, -0.2) is 35.9 Å². The highest BCUT2D eigenvalue weighted by atomic mass is 16.5. The molecule has 0 fully saturated rings. The largest absolute Gasteiger partial charge is 0.383 e. The van der Waals surface area contributed by atoms with Crippen LogP contribution in [0.2, 0.25) is 0 Å². The van der Waals surface area contributed by atoms with Crippen molar-refractivity contribution in [2.24, 2.45) is 0 Å². The number of H-pyrrole nitrogens is 1. The first-order valence-electron chi connectivity index (χ1n) is 5.90. The van der Waals surface area contributed by atoms with E-state index in [2.05, 4.69) is 15.5 Å². The minimum atomic E-state index is -0.336. The lowest BCUT2D eigenvalue weighted by molar-refractivity contribution is 0.0901. The molecule has 1 aromatic carbocycles. The van der Waals surface area contributed by atoms with E-state index in [1.807, 2.05) is 6.92 Å². The number of nitrogens with zero attached hydrogens (tertiary/aromatic N) is 1. The Morgan fingerprint density at radius 2 is 2.11 bits per heavy atom. The summed E-state index contributed by atoms with van der Waals surface area (Å²) in [5.74, 6) is -0.336. The molecule has 0 bridgehead atoms.